The van der Waals surface area contributed by atoms with Gasteiger partial charge in [-0.1, -0.05) is 38.5 Å². The van der Waals surface area contributed by atoms with Crippen molar-refractivity contribution in [3.8, 4) is 34.5 Å². The molecule has 1 aliphatic heterocycles. The first-order valence-electron chi connectivity index (χ1n) is 20.5. The van der Waals surface area contributed by atoms with Crippen LogP contribution in [-0.2, 0) is 9.59 Å². The quantitative estimate of drug-likeness (QED) is 0.132. The maximum Gasteiger partial charge on any atom is 0.203 e. The van der Waals surface area contributed by atoms with Crippen LogP contribution in [0, 0.1) is 11.8 Å². The van der Waals surface area contributed by atoms with Gasteiger partial charge in [-0.2, -0.15) is 0 Å². The number of Topliss-reactive ketones (excluding diaryl/α,β-unsaturated/α-hetero) is 2. The number of hydrogen-bond donors (Lipinski definition) is 0. The minimum atomic E-state index is -0.162. The van der Waals surface area contributed by atoms with E-state index in [4.69, 9.17) is 28.4 Å². The Labute approximate surface area is 324 Å². The first kappa shape index (κ1) is 41.7. The van der Waals surface area contributed by atoms with E-state index in [1.807, 2.05) is 24.3 Å². The zero-order chi connectivity index (χ0) is 38.5. The van der Waals surface area contributed by atoms with Gasteiger partial charge in [-0.3, -0.25) is 9.59 Å². The van der Waals surface area contributed by atoms with Crippen molar-refractivity contribution in [3.63, 3.8) is 0 Å². The first-order valence-corrected chi connectivity index (χ1v) is 20.5. The lowest BCUT2D eigenvalue weighted by molar-refractivity contribution is -0.123. The fourth-order valence-corrected chi connectivity index (χ4v) is 9.44. The highest BCUT2D eigenvalue weighted by atomic mass is 16.5. The Hall–Kier alpha value is -3.50. The number of nitrogens with zero attached hydrogens (tertiary/aromatic N) is 2. The number of benzene rings is 2. The lowest BCUT2D eigenvalue weighted by atomic mass is 9.74. The molecule has 2 atom stereocenters. The van der Waals surface area contributed by atoms with E-state index in [0.717, 1.165) is 88.9 Å². The van der Waals surface area contributed by atoms with Crippen LogP contribution in [0.5, 0.6) is 34.5 Å². The van der Waals surface area contributed by atoms with Crippen LogP contribution >= 0.6 is 0 Å². The average Bonchev–Trinajstić information content (AvgIpc) is 3.21. The van der Waals surface area contributed by atoms with Crippen molar-refractivity contribution in [1.29, 1.82) is 0 Å². The van der Waals surface area contributed by atoms with Crippen molar-refractivity contribution in [2.75, 3.05) is 81.9 Å². The second-order valence-electron chi connectivity index (χ2n) is 15.5. The summed E-state index contributed by atoms with van der Waals surface area (Å²) in [5.74, 6) is 4.51. The van der Waals surface area contributed by atoms with E-state index >= 15 is 0 Å². The van der Waals surface area contributed by atoms with Crippen LogP contribution in [0.15, 0.2) is 24.3 Å². The molecular weight excluding hydrogens is 684 g/mol. The number of piperazine rings is 1. The second kappa shape index (κ2) is 21.0. The summed E-state index contributed by atoms with van der Waals surface area (Å²) in [5, 5.41) is 0. The number of methoxy groups -OCH3 is 6. The molecule has 10 heteroatoms. The van der Waals surface area contributed by atoms with Crippen LogP contribution < -0.4 is 28.4 Å². The largest absolute Gasteiger partial charge is 0.493 e. The summed E-state index contributed by atoms with van der Waals surface area (Å²) in [6, 6.07) is 7.92. The molecule has 300 valence electrons. The number of hydrogen-bond acceptors (Lipinski definition) is 10. The van der Waals surface area contributed by atoms with Crippen molar-refractivity contribution in [2.45, 2.75) is 102 Å². The maximum absolute atomic E-state index is 14.0. The van der Waals surface area contributed by atoms with Crippen molar-refractivity contribution in [3.05, 3.63) is 35.4 Å². The van der Waals surface area contributed by atoms with Gasteiger partial charge < -0.3 is 38.2 Å². The predicted molar refractivity (Wildman–Crippen MR) is 212 cm³/mol. The van der Waals surface area contributed by atoms with Gasteiger partial charge in [0, 0.05) is 50.9 Å². The SMILES string of the molecule is COc1cc(C(C(=O)CCCN2CCN(CCCC(=O)C(c3cc(OC)c(OC)c(OC)c3)C3CCCCC3)CC2)C2CCCCC2)cc(OC)c1OC. The van der Waals surface area contributed by atoms with Gasteiger partial charge in [0.2, 0.25) is 11.5 Å². The number of rotatable bonds is 20. The van der Waals surface area contributed by atoms with E-state index in [1.165, 1.54) is 38.5 Å². The third-order valence-corrected chi connectivity index (χ3v) is 12.3. The van der Waals surface area contributed by atoms with E-state index in [9.17, 15) is 9.59 Å². The summed E-state index contributed by atoms with van der Waals surface area (Å²) in [4.78, 5) is 33.0. The molecule has 2 saturated carbocycles. The molecule has 1 saturated heterocycles. The van der Waals surface area contributed by atoms with Crippen molar-refractivity contribution in [2.24, 2.45) is 11.8 Å². The topological polar surface area (TPSA) is 96.0 Å². The Morgan fingerprint density at radius 1 is 0.519 bits per heavy atom. The van der Waals surface area contributed by atoms with Gasteiger partial charge in [0.1, 0.15) is 11.6 Å². The zero-order valence-electron chi connectivity index (χ0n) is 33.9. The number of ether oxygens (including phenoxy) is 6. The molecule has 0 spiro atoms. The van der Waals surface area contributed by atoms with Gasteiger partial charge in [-0.05, 0) is 98.8 Å². The Bertz CT molecular complexity index is 1330. The summed E-state index contributed by atoms with van der Waals surface area (Å²) in [5.41, 5.74) is 1.95. The summed E-state index contributed by atoms with van der Waals surface area (Å²) >= 11 is 0. The summed E-state index contributed by atoms with van der Waals surface area (Å²) < 4.78 is 33.8. The van der Waals surface area contributed by atoms with Crippen LogP contribution in [-0.4, -0.2) is 103 Å². The van der Waals surface area contributed by atoms with Gasteiger partial charge in [0.05, 0.1) is 42.7 Å². The molecule has 2 aliphatic carbocycles. The maximum atomic E-state index is 14.0. The molecule has 2 unspecified atom stereocenters. The molecule has 3 aliphatic rings. The second-order valence-corrected chi connectivity index (χ2v) is 15.5. The van der Waals surface area contributed by atoms with E-state index < -0.39 is 0 Å². The average molecular weight is 751 g/mol. The molecule has 0 amide bonds. The molecule has 2 aromatic carbocycles. The van der Waals surface area contributed by atoms with E-state index in [2.05, 4.69) is 9.80 Å². The van der Waals surface area contributed by atoms with Crippen molar-refractivity contribution >= 4 is 11.6 Å². The van der Waals surface area contributed by atoms with E-state index in [1.54, 1.807) is 42.7 Å². The third-order valence-electron chi connectivity index (χ3n) is 12.3. The monoisotopic (exact) mass is 750 g/mol. The molecular formula is C44H66N2O8. The van der Waals surface area contributed by atoms with E-state index in [-0.39, 0.29) is 11.8 Å². The van der Waals surface area contributed by atoms with Crippen molar-refractivity contribution < 1.29 is 38.0 Å². The fraction of sp³-hybridized carbons (Fsp3) is 0.682. The van der Waals surface area contributed by atoms with Gasteiger partial charge >= 0.3 is 0 Å². The van der Waals surface area contributed by atoms with Crippen LogP contribution in [0.25, 0.3) is 0 Å². The third kappa shape index (κ3) is 10.4. The number of ketones is 2. The van der Waals surface area contributed by atoms with Crippen LogP contribution in [0.3, 0.4) is 0 Å². The normalized spacial score (nSPS) is 18.8. The van der Waals surface area contributed by atoms with E-state index in [0.29, 0.717) is 70.7 Å². The lowest BCUT2D eigenvalue weighted by Crippen LogP contribution is -2.46. The predicted octanol–water partition coefficient (Wildman–Crippen LogP) is 8.08. The molecule has 1 heterocycles. The lowest BCUT2D eigenvalue weighted by Gasteiger charge is -2.35. The van der Waals surface area contributed by atoms with Gasteiger partial charge in [0.15, 0.2) is 23.0 Å². The van der Waals surface area contributed by atoms with Crippen molar-refractivity contribution in [1.82, 2.24) is 9.80 Å². The van der Waals surface area contributed by atoms with Crippen LogP contribution in [0.1, 0.15) is 113 Å². The van der Waals surface area contributed by atoms with Gasteiger partial charge in [-0.15, -0.1) is 0 Å². The highest BCUT2D eigenvalue weighted by molar-refractivity contribution is 5.87. The smallest absolute Gasteiger partial charge is 0.203 e. The van der Waals surface area contributed by atoms with Crippen LogP contribution in [0.2, 0.25) is 0 Å². The highest BCUT2D eigenvalue weighted by Gasteiger charge is 2.34. The molecule has 0 aromatic heterocycles. The first-order chi connectivity index (χ1) is 26.3. The Kier molecular flexibility index (Phi) is 16.2. The molecule has 0 bridgehead atoms. The molecule has 3 fully saturated rings. The molecule has 2 aromatic rings. The fourth-order valence-electron chi connectivity index (χ4n) is 9.44. The Morgan fingerprint density at radius 3 is 1.11 bits per heavy atom. The molecule has 0 N–H and O–H groups in total. The minimum Gasteiger partial charge on any atom is -0.493 e. The zero-order valence-corrected chi connectivity index (χ0v) is 33.9. The molecule has 54 heavy (non-hydrogen) atoms. The summed E-state index contributed by atoms with van der Waals surface area (Å²) in [6.07, 6.45) is 14.3. The molecule has 5 rings (SSSR count). The van der Waals surface area contributed by atoms with Crippen LogP contribution in [0.4, 0.5) is 0 Å². The standard InChI is InChI=1S/C44H66N2O8/c1-49-37-27-33(28-38(50-2)43(37)53-5)41(31-15-9-7-10-16-31)35(47)19-13-21-45-23-25-46(26-24-45)22-14-20-36(48)42(32-17-11-8-12-18-32)34-29-39(51-3)44(54-6)40(30-34)52-4/h27-32,41-42H,7-26H2,1-6H3. The minimum absolute atomic E-state index is 0.162. The number of carbonyl (C=O) groups excluding carboxylic acids is 2. The number of carbonyl (C=O) groups is 2. The van der Waals surface area contributed by atoms with Gasteiger partial charge in [-0.25, -0.2) is 0 Å². The summed E-state index contributed by atoms with van der Waals surface area (Å²) in [6.45, 7) is 5.77. The Morgan fingerprint density at radius 2 is 0.833 bits per heavy atom. The Balaban J connectivity index is 1.12. The van der Waals surface area contributed by atoms with Gasteiger partial charge in [0.25, 0.3) is 0 Å². The highest BCUT2D eigenvalue weighted by Crippen LogP contribution is 2.46. The molecule has 10 nitrogen and oxygen atoms in total. The summed E-state index contributed by atoms with van der Waals surface area (Å²) in [7, 11) is 9.74. The molecule has 0 radical (unpaired) electrons.